The fourth-order valence-corrected chi connectivity index (χ4v) is 3.75. The second kappa shape index (κ2) is 4.88. The van der Waals surface area contributed by atoms with Crippen LogP contribution in [0.25, 0.3) is 11.0 Å². The summed E-state index contributed by atoms with van der Waals surface area (Å²) in [4.78, 5) is 14.9. The molecule has 0 saturated carbocycles. The number of amides is 1. The SMILES string of the molecule is Cc1cc2cc([11C](=O)N[C@@H]3C[C@H]4CCN(C4)C3)ccc2o1. The van der Waals surface area contributed by atoms with E-state index in [9.17, 15) is 4.79 Å². The molecular weight excluding hydrogens is 263 g/mol. The number of carbonyl (C=O) groups excluding carboxylic acids is 1. The average molecular weight is 283 g/mol. The van der Waals surface area contributed by atoms with E-state index in [1.54, 1.807) is 0 Å². The monoisotopic (exact) mass is 283 g/mol. The summed E-state index contributed by atoms with van der Waals surface area (Å²) in [5.74, 6) is 1.67. The molecule has 0 aliphatic carbocycles. The molecular formula is C17H20N2O2. The molecule has 1 aromatic carbocycles. The summed E-state index contributed by atoms with van der Waals surface area (Å²) in [7, 11) is 0. The highest BCUT2D eigenvalue weighted by molar-refractivity contribution is 5.98. The van der Waals surface area contributed by atoms with E-state index in [-0.39, 0.29) is 5.91 Å². The molecule has 3 atom stereocenters. The number of rotatable bonds is 2. The van der Waals surface area contributed by atoms with E-state index < -0.39 is 0 Å². The molecule has 0 radical (unpaired) electrons. The van der Waals surface area contributed by atoms with Crippen LogP contribution in [0.2, 0.25) is 0 Å². The molecule has 2 saturated heterocycles. The highest BCUT2D eigenvalue weighted by Crippen LogP contribution is 2.27. The first-order valence-electron chi connectivity index (χ1n) is 7.71. The minimum absolute atomic E-state index is 0.0308. The van der Waals surface area contributed by atoms with Crippen LogP contribution >= 0.6 is 0 Å². The predicted octanol–water partition coefficient (Wildman–Crippen LogP) is 2.57. The van der Waals surface area contributed by atoms with Gasteiger partial charge < -0.3 is 14.6 Å². The van der Waals surface area contributed by atoms with E-state index in [4.69, 9.17) is 4.42 Å². The van der Waals surface area contributed by atoms with Crippen LogP contribution < -0.4 is 5.32 Å². The number of aryl methyl sites for hydroxylation is 1. The molecule has 0 spiro atoms. The molecule has 4 heteroatoms. The van der Waals surface area contributed by atoms with Crippen molar-refractivity contribution in [2.75, 3.05) is 19.6 Å². The Morgan fingerprint density at radius 2 is 2.24 bits per heavy atom. The lowest BCUT2D eigenvalue weighted by molar-refractivity contribution is 0.0909. The van der Waals surface area contributed by atoms with Crippen molar-refractivity contribution in [3.05, 3.63) is 35.6 Å². The van der Waals surface area contributed by atoms with Crippen molar-refractivity contribution in [1.82, 2.24) is 10.2 Å². The van der Waals surface area contributed by atoms with Gasteiger partial charge in [0.1, 0.15) is 11.3 Å². The minimum atomic E-state index is 0.0308. The Labute approximate surface area is 124 Å². The zero-order valence-electron chi connectivity index (χ0n) is 12.3. The minimum Gasteiger partial charge on any atom is -0.461 e. The Balaban J connectivity index is 1.50. The Bertz CT molecular complexity index is 679. The molecule has 2 bridgehead atoms. The molecule has 2 aromatic rings. The van der Waals surface area contributed by atoms with E-state index in [1.807, 2.05) is 31.2 Å². The number of nitrogens with one attached hydrogen (secondary N) is 1. The molecule has 1 amide bonds. The molecule has 110 valence electrons. The lowest BCUT2D eigenvalue weighted by atomic mass is 9.85. The largest absolute Gasteiger partial charge is 0.461 e. The maximum Gasteiger partial charge on any atom is 0.251 e. The number of furan rings is 1. The summed E-state index contributed by atoms with van der Waals surface area (Å²) in [5.41, 5.74) is 1.56. The van der Waals surface area contributed by atoms with Gasteiger partial charge in [0.2, 0.25) is 0 Å². The van der Waals surface area contributed by atoms with Crippen LogP contribution in [0.4, 0.5) is 0 Å². The molecule has 21 heavy (non-hydrogen) atoms. The third-order valence-electron chi connectivity index (χ3n) is 4.70. The molecule has 3 heterocycles. The quantitative estimate of drug-likeness (QED) is 0.921. The number of fused-ring (bicyclic) bond motifs is 3. The van der Waals surface area contributed by atoms with Gasteiger partial charge in [-0.05, 0) is 56.5 Å². The van der Waals surface area contributed by atoms with E-state index in [0.29, 0.717) is 6.04 Å². The van der Waals surface area contributed by atoms with Crippen molar-refractivity contribution in [3.63, 3.8) is 0 Å². The van der Waals surface area contributed by atoms with Crippen molar-refractivity contribution in [2.45, 2.75) is 25.8 Å². The van der Waals surface area contributed by atoms with Gasteiger partial charge in [0.05, 0.1) is 0 Å². The molecule has 4 nitrogen and oxygen atoms in total. The van der Waals surface area contributed by atoms with Crippen LogP contribution in [-0.2, 0) is 0 Å². The van der Waals surface area contributed by atoms with Crippen LogP contribution in [0, 0.1) is 12.8 Å². The van der Waals surface area contributed by atoms with E-state index >= 15 is 0 Å². The highest BCUT2D eigenvalue weighted by atomic mass is 16.3. The maximum atomic E-state index is 12.4. The summed E-state index contributed by atoms with van der Waals surface area (Å²) >= 11 is 0. The fraction of sp³-hybridized carbons (Fsp3) is 0.471. The molecule has 2 aliphatic heterocycles. The molecule has 1 aromatic heterocycles. The van der Waals surface area contributed by atoms with E-state index in [0.717, 1.165) is 41.2 Å². The molecule has 1 N–H and O–H groups in total. The highest BCUT2D eigenvalue weighted by Gasteiger charge is 2.32. The number of benzene rings is 1. The number of nitrogens with zero attached hydrogens (tertiary/aromatic N) is 1. The van der Waals surface area contributed by atoms with Crippen LogP contribution in [0.3, 0.4) is 0 Å². The Morgan fingerprint density at radius 1 is 1.33 bits per heavy atom. The van der Waals surface area contributed by atoms with Gasteiger partial charge in [0.15, 0.2) is 0 Å². The van der Waals surface area contributed by atoms with Gasteiger partial charge in [0.25, 0.3) is 5.91 Å². The van der Waals surface area contributed by atoms with Crippen LogP contribution in [0.5, 0.6) is 0 Å². The summed E-state index contributed by atoms with van der Waals surface area (Å²) in [6.45, 7) is 5.32. The van der Waals surface area contributed by atoms with Gasteiger partial charge in [0, 0.05) is 30.1 Å². The van der Waals surface area contributed by atoms with Gasteiger partial charge in [-0.1, -0.05) is 0 Å². The summed E-state index contributed by atoms with van der Waals surface area (Å²) in [6, 6.07) is 7.90. The predicted molar refractivity (Wildman–Crippen MR) is 81.4 cm³/mol. The van der Waals surface area contributed by atoms with E-state index in [2.05, 4.69) is 10.2 Å². The molecule has 2 fully saturated rings. The van der Waals surface area contributed by atoms with Crippen LogP contribution in [0.15, 0.2) is 28.7 Å². The molecule has 1 unspecified atom stereocenters. The summed E-state index contributed by atoms with van der Waals surface area (Å²) in [6.07, 6.45) is 2.40. The van der Waals surface area contributed by atoms with Crippen molar-refractivity contribution >= 4 is 16.9 Å². The first-order valence-corrected chi connectivity index (χ1v) is 7.71. The summed E-state index contributed by atoms with van der Waals surface area (Å²) in [5, 5.41) is 4.19. The molecule has 4 rings (SSSR count). The fourth-order valence-electron chi connectivity index (χ4n) is 3.75. The number of piperidine rings is 1. The molecule has 2 aliphatic rings. The van der Waals surface area contributed by atoms with Crippen molar-refractivity contribution in [2.24, 2.45) is 5.92 Å². The third-order valence-corrected chi connectivity index (χ3v) is 4.70. The van der Waals surface area contributed by atoms with Gasteiger partial charge in [-0.25, -0.2) is 0 Å². The summed E-state index contributed by atoms with van der Waals surface area (Å²) < 4.78 is 5.55. The van der Waals surface area contributed by atoms with Crippen LogP contribution in [-0.4, -0.2) is 36.5 Å². The van der Waals surface area contributed by atoms with Crippen molar-refractivity contribution < 1.29 is 9.21 Å². The topological polar surface area (TPSA) is 45.5 Å². The number of hydrogen-bond acceptors (Lipinski definition) is 3. The maximum absolute atomic E-state index is 12.4. The second-order valence-electron chi connectivity index (χ2n) is 6.43. The smallest absolute Gasteiger partial charge is 0.251 e. The third kappa shape index (κ3) is 2.44. The van der Waals surface area contributed by atoms with Gasteiger partial charge in [-0.15, -0.1) is 0 Å². The Kier molecular flexibility index (Phi) is 3.00. The van der Waals surface area contributed by atoms with Gasteiger partial charge in [-0.2, -0.15) is 0 Å². The number of carbonyl (C=O) groups is 1. The first kappa shape index (κ1) is 12.9. The normalized spacial score (nSPS) is 28.0. The standard InChI is InChI=1S/C17H20N2O2/c1-11-6-14-8-13(2-3-16(14)21-11)17(20)18-15-7-12-4-5-19(9-12)10-15/h2-3,6,8,12,15H,4-5,7,9-10H2,1H3,(H,18,20)/t12-,15-/m1/s1/i17-1. The lowest BCUT2D eigenvalue weighted by Crippen LogP contribution is -2.47. The zero-order valence-corrected chi connectivity index (χ0v) is 12.3. The lowest BCUT2D eigenvalue weighted by Gasteiger charge is -2.30. The zero-order chi connectivity index (χ0) is 14.4. The van der Waals surface area contributed by atoms with Crippen LogP contribution in [0.1, 0.15) is 29.0 Å². The Hall–Kier alpha value is -1.81. The Morgan fingerprint density at radius 3 is 3.10 bits per heavy atom. The first-order chi connectivity index (χ1) is 10.2. The second-order valence-corrected chi connectivity index (χ2v) is 6.43. The van der Waals surface area contributed by atoms with Crippen molar-refractivity contribution in [1.29, 1.82) is 0 Å². The van der Waals surface area contributed by atoms with E-state index in [1.165, 1.54) is 19.5 Å². The average Bonchev–Trinajstić information content (AvgIpc) is 2.99. The van der Waals surface area contributed by atoms with Gasteiger partial charge >= 0.3 is 0 Å². The van der Waals surface area contributed by atoms with Gasteiger partial charge in [-0.3, -0.25) is 4.79 Å². The number of hydrogen-bond donors (Lipinski definition) is 1. The van der Waals surface area contributed by atoms with Crippen molar-refractivity contribution in [3.8, 4) is 0 Å².